The van der Waals surface area contributed by atoms with Gasteiger partial charge in [-0.25, -0.2) is 13.1 Å². The number of anilines is 3. The number of rotatable bonds is 4. The second-order valence-corrected chi connectivity index (χ2v) is 6.13. The summed E-state index contributed by atoms with van der Waals surface area (Å²) in [6.07, 6.45) is 0. The van der Waals surface area contributed by atoms with Gasteiger partial charge in [-0.3, -0.25) is 0 Å². The van der Waals surface area contributed by atoms with E-state index >= 15 is 0 Å². The standard InChI is InChI=1S/C14H14N4O2S/c1-17-21(19,20)11-6-7-12(16)14(8-11)18-13-5-3-2-4-10(13)9-15/h2-8,17-18H,16H2,1H3. The van der Waals surface area contributed by atoms with Gasteiger partial charge >= 0.3 is 0 Å². The van der Waals surface area contributed by atoms with Crippen LogP contribution in [0.4, 0.5) is 17.1 Å². The smallest absolute Gasteiger partial charge is 0.240 e. The summed E-state index contributed by atoms with van der Waals surface area (Å²) in [4.78, 5) is 0.0936. The molecule has 21 heavy (non-hydrogen) atoms. The maximum Gasteiger partial charge on any atom is 0.240 e. The van der Waals surface area contributed by atoms with Crippen LogP contribution in [-0.2, 0) is 10.0 Å². The van der Waals surface area contributed by atoms with E-state index in [1.165, 1.54) is 25.2 Å². The second-order valence-electron chi connectivity index (χ2n) is 4.24. The van der Waals surface area contributed by atoms with Crippen LogP contribution in [-0.4, -0.2) is 15.5 Å². The minimum Gasteiger partial charge on any atom is -0.397 e. The van der Waals surface area contributed by atoms with Crippen LogP contribution < -0.4 is 15.8 Å². The van der Waals surface area contributed by atoms with E-state index in [2.05, 4.69) is 16.1 Å². The van der Waals surface area contributed by atoms with Crippen molar-refractivity contribution < 1.29 is 8.42 Å². The molecule has 0 bridgehead atoms. The van der Waals surface area contributed by atoms with E-state index in [1.54, 1.807) is 24.3 Å². The van der Waals surface area contributed by atoms with Crippen LogP contribution in [0.15, 0.2) is 47.4 Å². The monoisotopic (exact) mass is 302 g/mol. The van der Waals surface area contributed by atoms with Crippen molar-refractivity contribution in [2.24, 2.45) is 0 Å². The van der Waals surface area contributed by atoms with Crippen molar-refractivity contribution in [3.8, 4) is 6.07 Å². The van der Waals surface area contributed by atoms with Crippen molar-refractivity contribution in [1.82, 2.24) is 4.72 Å². The highest BCUT2D eigenvalue weighted by molar-refractivity contribution is 7.89. The highest BCUT2D eigenvalue weighted by Gasteiger charge is 2.13. The number of para-hydroxylation sites is 1. The molecule has 0 radical (unpaired) electrons. The molecule has 4 N–H and O–H groups in total. The van der Waals surface area contributed by atoms with Gasteiger partial charge < -0.3 is 11.1 Å². The normalized spacial score (nSPS) is 10.9. The van der Waals surface area contributed by atoms with Gasteiger partial charge in [-0.1, -0.05) is 12.1 Å². The first-order chi connectivity index (χ1) is 9.97. The van der Waals surface area contributed by atoms with Crippen molar-refractivity contribution >= 4 is 27.1 Å². The Bertz CT molecular complexity index is 810. The molecule has 0 aliphatic heterocycles. The van der Waals surface area contributed by atoms with E-state index in [1.807, 2.05) is 0 Å². The van der Waals surface area contributed by atoms with Crippen LogP contribution in [0, 0.1) is 11.3 Å². The molecule has 0 fully saturated rings. The lowest BCUT2D eigenvalue weighted by Gasteiger charge is -2.12. The highest BCUT2D eigenvalue weighted by atomic mass is 32.2. The summed E-state index contributed by atoms with van der Waals surface area (Å²) in [5, 5.41) is 12.0. The number of hydrogen-bond acceptors (Lipinski definition) is 5. The van der Waals surface area contributed by atoms with Gasteiger partial charge in [-0.05, 0) is 37.4 Å². The molecule has 6 nitrogen and oxygen atoms in total. The Hall–Kier alpha value is -2.56. The third-order valence-electron chi connectivity index (χ3n) is 2.92. The van der Waals surface area contributed by atoms with E-state index in [0.29, 0.717) is 22.6 Å². The zero-order valence-corrected chi connectivity index (χ0v) is 12.1. The van der Waals surface area contributed by atoms with Gasteiger partial charge in [0.15, 0.2) is 0 Å². The summed E-state index contributed by atoms with van der Waals surface area (Å²) in [5.74, 6) is 0. The fourth-order valence-electron chi connectivity index (χ4n) is 1.76. The molecule has 108 valence electrons. The molecule has 0 atom stereocenters. The summed E-state index contributed by atoms with van der Waals surface area (Å²) >= 11 is 0. The Balaban J connectivity index is 2.46. The quantitative estimate of drug-likeness (QED) is 0.746. The lowest BCUT2D eigenvalue weighted by Crippen LogP contribution is -2.18. The van der Waals surface area contributed by atoms with Gasteiger partial charge in [0.25, 0.3) is 0 Å². The van der Waals surface area contributed by atoms with Crippen molar-refractivity contribution in [3.05, 3.63) is 48.0 Å². The van der Waals surface area contributed by atoms with Crippen molar-refractivity contribution in [2.45, 2.75) is 4.90 Å². The molecule has 0 unspecified atom stereocenters. The molecule has 0 aliphatic rings. The fraction of sp³-hybridized carbons (Fsp3) is 0.0714. The zero-order valence-electron chi connectivity index (χ0n) is 11.3. The number of nitriles is 1. The van der Waals surface area contributed by atoms with Crippen LogP contribution in [0.3, 0.4) is 0 Å². The summed E-state index contributed by atoms with van der Waals surface area (Å²) in [6, 6.07) is 13.3. The lowest BCUT2D eigenvalue weighted by molar-refractivity contribution is 0.588. The topological polar surface area (TPSA) is 108 Å². The van der Waals surface area contributed by atoms with Gasteiger partial charge in [0.05, 0.1) is 27.5 Å². The van der Waals surface area contributed by atoms with Crippen molar-refractivity contribution in [3.63, 3.8) is 0 Å². The minimum atomic E-state index is -3.56. The predicted molar refractivity (Wildman–Crippen MR) is 81.5 cm³/mol. The zero-order chi connectivity index (χ0) is 15.5. The van der Waals surface area contributed by atoms with Crippen LogP contribution >= 0.6 is 0 Å². The molecule has 0 saturated heterocycles. The first-order valence-corrected chi connectivity index (χ1v) is 7.55. The molecule has 0 aromatic heterocycles. The van der Waals surface area contributed by atoms with E-state index < -0.39 is 10.0 Å². The summed E-state index contributed by atoms with van der Waals surface area (Å²) in [5.41, 5.74) is 7.67. The fourth-order valence-corrected chi connectivity index (χ4v) is 2.52. The number of nitrogens with one attached hydrogen (secondary N) is 2. The minimum absolute atomic E-state index is 0.0936. The van der Waals surface area contributed by atoms with Crippen LogP contribution in [0.2, 0.25) is 0 Å². The number of hydrogen-bond donors (Lipinski definition) is 3. The summed E-state index contributed by atoms with van der Waals surface area (Å²) in [7, 11) is -2.22. The largest absolute Gasteiger partial charge is 0.397 e. The summed E-state index contributed by atoms with van der Waals surface area (Å²) < 4.78 is 25.9. The summed E-state index contributed by atoms with van der Waals surface area (Å²) in [6.45, 7) is 0. The molecule has 2 rings (SSSR count). The van der Waals surface area contributed by atoms with E-state index in [-0.39, 0.29) is 4.90 Å². The van der Waals surface area contributed by atoms with E-state index in [4.69, 9.17) is 11.0 Å². The average molecular weight is 302 g/mol. The molecule has 0 heterocycles. The number of nitrogens with two attached hydrogens (primary N) is 1. The van der Waals surface area contributed by atoms with Crippen LogP contribution in [0.5, 0.6) is 0 Å². The average Bonchev–Trinajstić information content (AvgIpc) is 2.49. The number of sulfonamides is 1. The van der Waals surface area contributed by atoms with Gasteiger partial charge in [0.2, 0.25) is 10.0 Å². The van der Waals surface area contributed by atoms with Crippen LogP contribution in [0.1, 0.15) is 5.56 Å². The van der Waals surface area contributed by atoms with E-state index in [0.717, 1.165) is 0 Å². The van der Waals surface area contributed by atoms with Gasteiger partial charge in [0, 0.05) is 0 Å². The molecule has 2 aromatic rings. The molecular formula is C14H14N4O2S. The molecule has 7 heteroatoms. The first-order valence-electron chi connectivity index (χ1n) is 6.07. The molecule has 0 saturated carbocycles. The highest BCUT2D eigenvalue weighted by Crippen LogP contribution is 2.27. The Labute approximate surface area is 123 Å². The Kier molecular flexibility index (Phi) is 4.12. The van der Waals surface area contributed by atoms with E-state index in [9.17, 15) is 8.42 Å². The molecule has 0 amide bonds. The first kappa shape index (κ1) is 14.8. The predicted octanol–water partition coefficient (Wildman–Crippen LogP) is 1.79. The van der Waals surface area contributed by atoms with Crippen molar-refractivity contribution in [1.29, 1.82) is 5.26 Å². The second kappa shape index (κ2) is 5.83. The maximum absolute atomic E-state index is 11.8. The Morgan fingerprint density at radius 3 is 2.52 bits per heavy atom. The number of nitrogen functional groups attached to an aromatic ring is 1. The maximum atomic E-state index is 11.8. The van der Waals surface area contributed by atoms with Gasteiger partial charge in [-0.15, -0.1) is 0 Å². The SMILES string of the molecule is CNS(=O)(=O)c1ccc(N)c(Nc2ccccc2C#N)c1. The number of nitrogens with zero attached hydrogens (tertiary/aromatic N) is 1. The van der Waals surface area contributed by atoms with Gasteiger partial charge in [-0.2, -0.15) is 5.26 Å². The van der Waals surface area contributed by atoms with Crippen LogP contribution in [0.25, 0.3) is 0 Å². The molecular weight excluding hydrogens is 288 g/mol. The lowest BCUT2D eigenvalue weighted by atomic mass is 10.2. The third-order valence-corrected chi connectivity index (χ3v) is 4.33. The van der Waals surface area contributed by atoms with Gasteiger partial charge in [0.1, 0.15) is 6.07 Å². The Morgan fingerprint density at radius 2 is 1.86 bits per heavy atom. The van der Waals surface area contributed by atoms with Crippen molar-refractivity contribution in [2.75, 3.05) is 18.1 Å². The number of benzene rings is 2. The third kappa shape index (κ3) is 3.13. The molecule has 0 aliphatic carbocycles. The Morgan fingerprint density at radius 1 is 1.14 bits per heavy atom. The molecule has 0 spiro atoms. The molecule has 2 aromatic carbocycles.